The predicted octanol–water partition coefficient (Wildman–Crippen LogP) is 3.71. The van der Waals surface area contributed by atoms with Gasteiger partial charge in [-0.05, 0) is 56.5 Å². The van der Waals surface area contributed by atoms with Gasteiger partial charge in [0.15, 0.2) is 0 Å². The van der Waals surface area contributed by atoms with Crippen LogP contribution in [0.4, 0.5) is 0 Å². The molecule has 35 heavy (non-hydrogen) atoms. The molecule has 2 aromatic rings. The standard InChI is InChI=1S/C25H30BrN3O5S/c1-4-17(2)27-24(31)18(3)28(16-19-9-7-10-20(26)15-19)23(30)13-8-14-29-25(32)21-11-5-6-12-22(21)35(29,33)34/h5-7,9-12,15,17-18H,4,8,13-14,16H2,1-3H3,(H,27,31). The average Bonchev–Trinajstić information content (AvgIpc) is 3.02. The largest absolute Gasteiger partial charge is 0.352 e. The molecule has 1 N–H and O–H groups in total. The molecule has 188 valence electrons. The lowest BCUT2D eigenvalue weighted by atomic mass is 10.1. The SMILES string of the molecule is CCC(C)NC(=O)C(C)N(Cc1cccc(Br)c1)C(=O)CCCN1C(=O)c2ccccc2S1(=O)=O. The first-order valence-electron chi connectivity index (χ1n) is 11.6. The quantitative estimate of drug-likeness (QED) is 0.474. The van der Waals surface area contributed by atoms with Gasteiger partial charge < -0.3 is 10.2 Å². The number of halogens is 1. The van der Waals surface area contributed by atoms with Crippen LogP contribution in [0.5, 0.6) is 0 Å². The fourth-order valence-corrected chi connectivity index (χ4v) is 5.90. The summed E-state index contributed by atoms with van der Waals surface area (Å²) in [7, 11) is -3.92. The summed E-state index contributed by atoms with van der Waals surface area (Å²) in [6, 6.07) is 12.8. The van der Waals surface area contributed by atoms with E-state index in [2.05, 4.69) is 21.2 Å². The Kier molecular flexibility index (Phi) is 8.71. The molecule has 0 radical (unpaired) electrons. The van der Waals surface area contributed by atoms with Gasteiger partial charge in [0.2, 0.25) is 11.8 Å². The number of carbonyl (C=O) groups is 3. The maximum atomic E-state index is 13.2. The molecule has 2 aromatic carbocycles. The Labute approximate surface area is 214 Å². The third kappa shape index (κ3) is 6.10. The third-order valence-corrected chi connectivity index (χ3v) is 8.41. The van der Waals surface area contributed by atoms with E-state index in [-0.39, 0.29) is 54.2 Å². The molecule has 0 aliphatic carbocycles. The van der Waals surface area contributed by atoms with Crippen molar-refractivity contribution in [2.45, 2.75) is 63.6 Å². The number of rotatable bonds is 10. The monoisotopic (exact) mass is 563 g/mol. The molecule has 1 aliphatic heterocycles. The lowest BCUT2D eigenvalue weighted by Gasteiger charge is -2.30. The van der Waals surface area contributed by atoms with Crippen LogP contribution in [0, 0.1) is 0 Å². The molecule has 0 saturated heterocycles. The number of amides is 3. The van der Waals surface area contributed by atoms with Gasteiger partial charge in [-0.25, -0.2) is 12.7 Å². The van der Waals surface area contributed by atoms with Gasteiger partial charge in [-0.2, -0.15) is 0 Å². The number of carbonyl (C=O) groups excluding carboxylic acids is 3. The Bertz CT molecular complexity index is 1220. The molecule has 0 bridgehead atoms. The molecule has 8 nitrogen and oxygen atoms in total. The summed E-state index contributed by atoms with van der Waals surface area (Å²) in [5.74, 6) is -1.13. The van der Waals surface area contributed by atoms with E-state index in [9.17, 15) is 22.8 Å². The summed E-state index contributed by atoms with van der Waals surface area (Å²) in [5.41, 5.74) is 0.995. The molecular weight excluding hydrogens is 534 g/mol. The van der Waals surface area contributed by atoms with Gasteiger partial charge in [0.05, 0.1) is 5.56 Å². The highest BCUT2D eigenvalue weighted by atomic mass is 79.9. The van der Waals surface area contributed by atoms with Crippen molar-refractivity contribution >= 4 is 43.7 Å². The molecular formula is C25H30BrN3O5S. The van der Waals surface area contributed by atoms with Crippen molar-refractivity contribution in [3.05, 3.63) is 64.1 Å². The number of nitrogens with zero attached hydrogens (tertiary/aromatic N) is 2. The van der Waals surface area contributed by atoms with Crippen LogP contribution in [0.25, 0.3) is 0 Å². The normalized spacial score (nSPS) is 15.9. The molecule has 3 amide bonds. The Morgan fingerprint density at radius 3 is 2.49 bits per heavy atom. The molecule has 1 aliphatic rings. The Morgan fingerprint density at radius 1 is 1.11 bits per heavy atom. The number of nitrogens with one attached hydrogen (secondary N) is 1. The van der Waals surface area contributed by atoms with Gasteiger partial charge in [0.1, 0.15) is 10.9 Å². The van der Waals surface area contributed by atoms with Crippen LogP contribution in [0.1, 0.15) is 56.0 Å². The van der Waals surface area contributed by atoms with E-state index in [1.54, 1.807) is 19.1 Å². The summed E-state index contributed by atoms with van der Waals surface area (Å²) >= 11 is 3.43. The van der Waals surface area contributed by atoms with E-state index in [1.165, 1.54) is 17.0 Å². The summed E-state index contributed by atoms with van der Waals surface area (Å²) in [6.45, 7) is 5.65. The Balaban J connectivity index is 1.71. The minimum atomic E-state index is -3.92. The summed E-state index contributed by atoms with van der Waals surface area (Å²) in [6.07, 6.45) is 0.899. The van der Waals surface area contributed by atoms with Crippen molar-refractivity contribution in [3.63, 3.8) is 0 Å². The lowest BCUT2D eigenvalue weighted by molar-refractivity contribution is -0.141. The molecule has 1 heterocycles. The zero-order chi connectivity index (χ0) is 25.8. The number of hydrogen-bond donors (Lipinski definition) is 1. The van der Waals surface area contributed by atoms with Crippen molar-refractivity contribution < 1.29 is 22.8 Å². The smallest absolute Gasteiger partial charge is 0.269 e. The second kappa shape index (κ2) is 11.3. The number of benzene rings is 2. The van der Waals surface area contributed by atoms with Crippen LogP contribution in [0.15, 0.2) is 57.9 Å². The Hall–Kier alpha value is -2.72. The number of hydrogen-bond acceptors (Lipinski definition) is 5. The number of fused-ring (bicyclic) bond motifs is 1. The zero-order valence-electron chi connectivity index (χ0n) is 20.0. The van der Waals surface area contributed by atoms with Crippen LogP contribution in [-0.2, 0) is 26.2 Å². The van der Waals surface area contributed by atoms with Crippen molar-refractivity contribution in [2.24, 2.45) is 0 Å². The van der Waals surface area contributed by atoms with Gasteiger partial charge in [0, 0.05) is 30.0 Å². The van der Waals surface area contributed by atoms with E-state index in [1.807, 2.05) is 38.1 Å². The second-order valence-electron chi connectivity index (χ2n) is 8.63. The molecule has 2 unspecified atom stereocenters. The van der Waals surface area contributed by atoms with Gasteiger partial charge in [0.25, 0.3) is 15.9 Å². The third-order valence-electron chi connectivity index (χ3n) is 6.07. The minimum absolute atomic E-state index is 0.00933. The van der Waals surface area contributed by atoms with Gasteiger partial charge in [-0.15, -0.1) is 0 Å². The van der Waals surface area contributed by atoms with E-state index in [4.69, 9.17) is 0 Å². The van der Waals surface area contributed by atoms with Crippen molar-refractivity contribution in [1.82, 2.24) is 14.5 Å². The van der Waals surface area contributed by atoms with Gasteiger partial charge >= 0.3 is 0 Å². The van der Waals surface area contributed by atoms with Gasteiger partial charge in [-0.1, -0.05) is 47.1 Å². The molecule has 0 saturated carbocycles. The van der Waals surface area contributed by atoms with Gasteiger partial charge in [-0.3, -0.25) is 14.4 Å². The fourth-order valence-electron chi connectivity index (χ4n) is 3.85. The van der Waals surface area contributed by atoms with Crippen molar-refractivity contribution in [2.75, 3.05) is 6.54 Å². The molecule has 3 rings (SSSR count). The van der Waals surface area contributed by atoms with E-state index < -0.39 is 22.0 Å². The lowest BCUT2D eigenvalue weighted by Crippen LogP contribution is -2.49. The summed E-state index contributed by atoms with van der Waals surface area (Å²) in [5, 5.41) is 2.92. The van der Waals surface area contributed by atoms with Crippen LogP contribution in [0.3, 0.4) is 0 Å². The van der Waals surface area contributed by atoms with Crippen molar-refractivity contribution in [1.29, 1.82) is 0 Å². The summed E-state index contributed by atoms with van der Waals surface area (Å²) < 4.78 is 27.2. The maximum Gasteiger partial charge on any atom is 0.269 e. The van der Waals surface area contributed by atoms with Crippen LogP contribution >= 0.6 is 15.9 Å². The van der Waals surface area contributed by atoms with Crippen molar-refractivity contribution in [3.8, 4) is 0 Å². The molecule has 0 spiro atoms. The first kappa shape index (κ1) is 26.9. The average molecular weight is 565 g/mol. The number of sulfonamides is 1. The zero-order valence-corrected chi connectivity index (χ0v) is 22.4. The predicted molar refractivity (Wildman–Crippen MR) is 136 cm³/mol. The highest BCUT2D eigenvalue weighted by molar-refractivity contribution is 9.10. The highest BCUT2D eigenvalue weighted by Gasteiger charge is 2.40. The van der Waals surface area contributed by atoms with Crippen LogP contribution in [-0.4, -0.2) is 54.0 Å². The molecule has 0 aromatic heterocycles. The van der Waals surface area contributed by atoms with Crippen LogP contribution < -0.4 is 5.32 Å². The Morgan fingerprint density at radius 2 is 1.83 bits per heavy atom. The highest BCUT2D eigenvalue weighted by Crippen LogP contribution is 2.30. The molecule has 2 atom stereocenters. The minimum Gasteiger partial charge on any atom is -0.352 e. The second-order valence-corrected chi connectivity index (χ2v) is 11.4. The van der Waals surface area contributed by atoms with Crippen LogP contribution in [0.2, 0.25) is 0 Å². The summed E-state index contributed by atoms with van der Waals surface area (Å²) in [4.78, 5) is 40.2. The topological polar surface area (TPSA) is 104 Å². The first-order valence-corrected chi connectivity index (χ1v) is 13.8. The molecule has 0 fully saturated rings. The van der Waals surface area contributed by atoms with E-state index >= 15 is 0 Å². The fraction of sp³-hybridized carbons (Fsp3) is 0.400. The first-order chi connectivity index (χ1) is 16.6. The van der Waals surface area contributed by atoms with E-state index in [0.29, 0.717) is 0 Å². The van der Waals surface area contributed by atoms with E-state index in [0.717, 1.165) is 20.8 Å². The maximum absolute atomic E-state index is 13.2. The molecule has 10 heteroatoms.